The zero-order valence-electron chi connectivity index (χ0n) is 24.9. The summed E-state index contributed by atoms with van der Waals surface area (Å²) >= 11 is 0. The molecule has 1 aliphatic carbocycles. The average Bonchev–Trinajstić information content (AvgIpc) is 3.39. The molecule has 38 heavy (non-hydrogen) atoms. The van der Waals surface area contributed by atoms with E-state index >= 15 is 0 Å². The van der Waals surface area contributed by atoms with Crippen molar-refractivity contribution in [3.8, 4) is 0 Å². The van der Waals surface area contributed by atoms with Crippen LogP contribution in [0.3, 0.4) is 0 Å². The fourth-order valence-electron chi connectivity index (χ4n) is 5.77. The van der Waals surface area contributed by atoms with Gasteiger partial charge < -0.3 is 28.9 Å². The predicted octanol–water partition coefficient (Wildman–Crippen LogP) is 6.19. The summed E-state index contributed by atoms with van der Waals surface area (Å²) in [6.07, 6.45) is 12.4. The molecule has 7 nitrogen and oxygen atoms in total. The topological polar surface area (TPSA) is 72.2 Å². The maximum atomic E-state index is 13.4. The van der Waals surface area contributed by atoms with Gasteiger partial charge in [0.2, 0.25) is 6.04 Å². The van der Waals surface area contributed by atoms with Crippen LogP contribution in [0.5, 0.6) is 0 Å². The molecule has 212 valence electrons. The normalized spacial score (nSPS) is 36.5. The number of hydrogen-bond donors (Lipinski definition) is 0. The monoisotopic (exact) mass is 529 g/mol. The molecule has 0 aromatic rings. The second kappa shape index (κ2) is 10.3. The molecule has 3 heterocycles. The minimum absolute atomic E-state index is 0.173. The molecule has 0 radical (unpaired) electrons. The van der Waals surface area contributed by atoms with Gasteiger partial charge in [-0.1, -0.05) is 63.1 Å². The lowest BCUT2D eigenvalue weighted by Crippen LogP contribution is -2.47. The Kier molecular flexibility index (Phi) is 7.94. The number of rotatable bonds is 6. The molecule has 0 aromatic carbocycles. The lowest BCUT2D eigenvalue weighted by Gasteiger charge is -2.38. The van der Waals surface area contributed by atoms with Crippen molar-refractivity contribution >= 4 is 6.21 Å². The van der Waals surface area contributed by atoms with Gasteiger partial charge in [-0.15, -0.1) is 0 Å². The number of hydrogen-bond acceptors (Lipinski definition) is 6. The fraction of sp³-hybridized carbons (Fsp3) is 0.710. The quantitative estimate of drug-likeness (QED) is 0.134. The van der Waals surface area contributed by atoms with Crippen molar-refractivity contribution < 1.29 is 28.4 Å². The highest BCUT2D eigenvalue weighted by Gasteiger charge is 2.62. The molecule has 0 saturated carbocycles. The van der Waals surface area contributed by atoms with E-state index in [1.54, 1.807) is 6.08 Å². The highest BCUT2D eigenvalue weighted by Crippen LogP contribution is 2.45. The van der Waals surface area contributed by atoms with Crippen LogP contribution in [0.15, 0.2) is 47.1 Å². The summed E-state index contributed by atoms with van der Waals surface area (Å²) in [4.78, 5) is 0. The molecular formula is C31H47NO6. The second-order valence-corrected chi connectivity index (χ2v) is 13.5. The third kappa shape index (κ3) is 6.68. The molecule has 3 saturated heterocycles. The standard InChI is InChI=1S/C31H47NO6/c1-20(16-21(2)17-22-18-28(3,4)13-14-29(22,5)6)12-11-15-32(33)24-25(23-19-34-30(7,8)36-23)35-27-26(24)37-31(9,10)38-27/h11-12,15-18,23-27H,13-14,19H2,1-10H3/b12-11-,20-16+,21-17+,32-15?/t23-,24+,25-,26+,27-/m0/s1. The zero-order valence-corrected chi connectivity index (χ0v) is 24.9. The Hall–Kier alpha value is -1.77. The molecule has 5 atom stereocenters. The van der Waals surface area contributed by atoms with Gasteiger partial charge in [0, 0.05) is 6.08 Å². The minimum Gasteiger partial charge on any atom is -0.623 e. The van der Waals surface area contributed by atoms with Crippen molar-refractivity contribution in [3.05, 3.63) is 52.3 Å². The summed E-state index contributed by atoms with van der Waals surface area (Å²) in [5.74, 6) is -1.54. The van der Waals surface area contributed by atoms with Gasteiger partial charge in [-0.2, -0.15) is 0 Å². The van der Waals surface area contributed by atoms with Gasteiger partial charge in [-0.05, 0) is 70.8 Å². The van der Waals surface area contributed by atoms with Gasteiger partial charge in [0.05, 0.1) is 6.61 Å². The first-order chi connectivity index (χ1) is 17.5. The Bertz CT molecular complexity index is 1060. The molecule has 3 aliphatic heterocycles. The van der Waals surface area contributed by atoms with Crippen LogP contribution in [0.2, 0.25) is 0 Å². The molecule has 4 aliphatic rings. The Morgan fingerprint density at radius 3 is 2.29 bits per heavy atom. The Morgan fingerprint density at radius 2 is 1.63 bits per heavy atom. The van der Waals surface area contributed by atoms with Crippen molar-refractivity contribution in [2.75, 3.05) is 6.61 Å². The van der Waals surface area contributed by atoms with Gasteiger partial charge >= 0.3 is 0 Å². The molecule has 0 bridgehead atoms. The van der Waals surface area contributed by atoms with Crippen LogP contribution < -0.4 is 0 Å². The number of ether oxygens (including phenoxy) is 5. The van der Waals surface area contributed by atoms with Gasteiger partial charge in [0.1, 0.15) is 6.10 Å². The SMILES string of the molecule is CC(/C=C\C=[N+]([O-])[C@@H]1[C@H]([C@@H]2COC(C)(C)O2)O[C@H]2OC(C)(C)O[C@@H]21)=C\C(C)=C\C1=CC(C)(C)CCC1(C)C. The van der Waals surface area contributed by atoms with Crippen molar-refractivity contribution in [2.45, 2.75) is 124 Å². The third-order valence-electron chi connectivity index (χ3n) is 7.90. The van der Waals surface area contributed by atoms with E-state index in [2.05, 4.69) is 52.8 Å². The van der Waals surface area contributed by atoms with E-state index in [1.165, 1.54) is 30.2 Å². The van der Waals surface area contributed by atoms with Crippen LogP contribution in [0.4, 0.5) is 0 Å². The second-order valence-electron chi connectivity index (χ2n) is 13.5. The van der Waals surface area contributed by atoms with E-state index in [-0.39, 0.29) is 16.9 Å². The molecule has 0 aromatic heterocycles. The van der Waals surface area contributed by atoms with Crippen LogP contribution in [-0.4, -0.2) is 59.8 Å². The Morgan fingerprint density at radius 1 is 0.921 bits per heavy atom. The number of allylic oxidation sites excluding steroid dienone is 8. The van der Waals surface area contributed by atoms with E-state index in [9.17, 15) is 5.21 Å². The van der Waals surface area contributed by atoms with E-state index in [0.29, 0.717) is 6.61 Å². The smallest absolute Gasteiger partial charge is 0.222 e. The van der Waals surface area contributed by atoms with Crippen molar-refractivity contribution in [2.24, 2.45) is 10.8 Å². The third-order valence-corrected chi connectivity index (χ3v) is 7.90. The summed E-state index contributed by atoms with van der Waals surface area (Å²) in [6, 6.07) is -0.622. The summed E-state index contributed by atoms with van der Waals surface area (Å²) in [5, 5.41) is 13.4. The van der Waals surface area contributed by atoms with Crippen molar-refractivity contribution in [1.82, 2.24) is 0 Å². The fourth-order valence-corrected chi connectivity index (χ4v) is 5.77. The molecule has 0 N–H and O–H groups in total. The summed E-state index contributed by atoms with van der Waals surface area (Å²) in [6.45, 7) is 21.1. The number of hydroxylamine groups is 1. The van der Waals surface area contributed by atoms with Gasteiger partial charge in [0.15, 0.2) is 36.3 Å². The van der Waals surface area contributed by atoms with Crippen LogP contribution in [0.25, 0.3) is 0 Å². The van der Waals surface area contributed by atoms with Crippen LogP contribution in [-0.2, 0) is 23.7 Å². The first-order valence-corrected chi connectivity index (χ1v) is 13.9. The molecule has 0 spiro atoms. The Balaban J connectivity index is 1.49. The summed E-state index contributed by atoms with van der Waals surface area (Å²) in [5.41, 5.74) is 4.04. The maximum Gasteiger partial charge on any atom is 0.222 e. The molecule has 4 rings (SSSR count). The van der Waals surface area contributed by atoms with Gasteiger partial charge in [0.25, 0.3) is 0 Å². The molecule has 0 unspecified atom stereocenters. The van der Waals surface area contributed by atoms with Gasteiger partial charge in [-0.3, -0.25) is 0 Å². The van der Waals surface area contributed by atoms with Crippen LogP contribution >= 0.6 is 0 Å². The summed E-state index contributed by atoms with van der Waals surface area (Å²) < 4.78 is 30.8. The highest BCUT2D eigenvalue weighted by atomic mass is 16.8. The molecule has 3 fully saturated rings. The highest BCUT2D eigenvalue weighted by molar-refractivity contribution is 5.67. The summed E-state index contributed by atoms with van der Waals surface area (Å²) in [7, 11) is 0. The lowest BCUT2D eigenvalue weighted by atomic mass is 9.67. The van der Waals surface area contributed by atoms with Crippen LogP contribution in [0, 0.1) is 16.0 Å². The maximum absolute atomic E-state index is 13.4. The molecular weight excluding hydrogens is 482 g/mol. The number of fused-ring (bicyclic) bond motifs is 1. The van der Waals surface area contributed by atoms with E-state index in [4.69, 9.17) is 23.7 Å². The number of nitrogens with zero attached hydrogens (tertiary/aromatic N) is 1. The largest absolute Gasteiger partial charge is 0.623 e. The van der Waals surface area contributed by atoms with Crippen LogP contribution in [0.1, 0.15) is 82.1 Å². The van der Waals surface area contributed by atoms with Gasteiger partial charge in [-0.25, -0.2) is 4.74 Å². The van der Waals surface area contributed by atoms with E-state index in [0.717, 1.165) is 10.3 Å². The van der Waals surface area contributed by atoms with E-state index in [1.807, 2.05) is 40.7 Å². The van der Waals surface area contributed by atoms with Crippen molar-refractivity contribution in [3.63, 3.8) is 0 Å². The first kappa shape index (κ1) is 29.2. The average molecular weight is 530 g/mol. The first-order valence-electron chi connectivity index (χ1n) is 13.9. The predicted molar refractivity (Wildman–Crippen MR) is 149 cm³/mol. The molecule has 0 amide bonds. The van der Waals surface area contributed by atoms with E-state index < -0.39 is 36.1 Å². The molecule has 7 heteroatoms. The van der Waals surface area contributed by atoms with Crippen molar-refractivity contribution in [1.29, 1.82) is 0 Å². The Labute approximate surface area is 228 Å². The zero-order chi connectivity index (χ0) is 28.1. The lowest BCUT2D eigenvalue weighted by molar-refractivity contribution is -0.516. The minimum atomic E-state index is -0.817.